The average molecular weight is 423 g/mol. The third-order valence-corrected chi connectivity index (χ3v) is 6.85. The SMILES string of the molecule is COC(=O)/C=C1\COC(c2cccc3ccccc23)N1S(=O)(=O)c1ccc(C)cc1. The van der Waals surface area contributed by atoms with Crippen LogP contribution in [0.3, 0.4) is 0 Å². The molecule has 7 heteroatoms. The molecule has 30 heavy (non-hydrogen) atoms. The molecule has 1 aliphatic heterocycles. The van der Waals surface area contributed by atoms with Crippen LogP contribution < -0.4 is 0 Å². The second-order valence-electron chi connectivity index (χ2n) is 7.00. The summed E-state index contributed by atoms with van der Waals surface area (Å²) in [6.07, 6.45) is 0.259. The first-order chi connectivity index (χ1) is 14.4. The number of ether oxygens (including phenoxy) is 2. The number of hydrogen-bond donors (Lipinski definition) is 0. The minimum Gasteiger partial charge on any atom is -0.466 e. The Bertz CT molecular complexity index is 1230. The van der Waals surface area contributed by atoms with Crippen molar-refractivity contribution in [3.63, 3.8) is 0 Å². The minimum atomic E-state index is -3.99. The molecule has 1 unspecified atom stereocenters. The average Bonchev–Trinajstić information content (AvgIpc) is 3.17. The molecule has 0 bridgehead atoms. The monoisotopic (exact) mass is 423 g/mol. The van der Waals surface area contributed by atoms with Gasteiger partial charge in [-0.25, -0.2) is 17.5 Å². The summed E-state index contributed by atoms with van der Waals surface area (Å²) in [5.74, 6) is -0.642. The van der Waals surface area contributed by atoms with Gasteiger partial charge in [-0.15, -0.1) is 0 Å². The van der Waals surface area contributed by atoms with Crippen LogP contribution in [0.4, 0.5) is 0 Å². The first-order valence-corrected chi connectivity index (χ1v) is 10.8. The number of aryl methyl sites for hydroxylation is 1. The zero-order valence-electron chi connectivity index (χ0n) is 16.6. The normalized spacial score (nSPS) is 18.1. The molecule has 0 saturated carbocycles. The lowest BCUT2D eigenvalue weighted by Gasteiger charge is -2.26. The molecule has 1 saturated heterocycles. The van der Waals surface area contributed by atoms with E-state index >= 15 is 0 Å². The van der Waals surface area contributed by atoms with Gasteiger partial charge in [0.2, 0.25) is 0 Å². The van der Waals surface area contributed by atoms with Gasteiger partial charge in [-0.05, 0) is 29.8 Å². The largest absolute Gasteiger partial charge is 0.466 e. The fourth-order valence-corrected chi connectivity index (χ4v) is 5.08. The molecule has 1 aliphatic rings. The summed E-state index contributed by atoms with van der Waals surface area (Å²) in [6.45, 7) is 1.85. The standard InChI is InChI=1S/C23H21NO5S/c1-16-10-12-19(13-11-16)30(26,27)24-18(14-22(25)28-2)15-29-23(24)21-9-5-7-17-6-3-4-8-20(17)21/h3-14,23H,15H2,1-2H3/b18-14+. The Kier molecular flexibility index (Phi) is 5.32. The fourth-order valence-electron chi connectivity index (χ4n) is 3.53. The van der Waals surface area contributed by atoms with Crippen molar-refractivity contribution in [3.05, 3.63) is 89.6 Å². The molecule has 1 fully saturated rings. The highest BCUT2D eigenvalue weighted by Gasteiger charge is 2.41. The summed E-state index contributed by atoms with van der Waals surface area (Å²) in [4.78, 5) is 12.0. The van der Waals surface area contributed by atoms with Crippen LogP contribution in [-0.2, 0) is 24.3 Å². The van der Waals surface area contributed by atoms with Gasteiger partial charge in [-0.1, -0.05) is 60.2 Å². The van der Waals surface area contributed by atoms with E-state index in [1.807, 2.05) is 49.4 Å². The number of rotatable bonds is 4. The molecule has 0 N–H and O–H groups in total. The van der Waals surface area contributed by atoms with Gasteiger partial charge in [0.1, 0.15) is 0 Å². The van der Waals surface area contributed by atoms with Gasteiger partial charge in [0.25, 0.3) is 10.0 Å². The number of hydrogen-bond acceptors (Lipinski definition) is 5. The third-order valence-electron chi connectivity index (χ3n) is 5.04. The Labute approximate surface area is 175 Å². The second-order valence-corrected chi connectivity index (χ2v) is 8.82. The van der Waals surface area contributed by atoms with Crippen LogP contribution in [0.25, 0.3) is 10.8 Å². The highest BCUT2D eigenvalue weighted by molar-refractivity contribution is 7.89. The minimum absolute atomic E-state index is 0.0337. The number of methoxy groups -OCH3 is 1. The Balaban J connectivity index is 1.89. The number of nitrogens with zero attached hydrogens (tertiary/aromatic N) is 1. The Morgan fingerprint density at radius 2 is 1.77 bits per heavy atom. The Hall–Kier alpha value is -3.16. The van der Waals surface area contributed by atoms with E-state index in [0.717, 1.165) is 22.4 Å². The lowest BCUT2D eigenvalue weighted by atomic mass is 10.0. The first kappa shape index (κ1) is 20.1. The number of carbonyl (C=O) groups excluding carboxylic acids is 1. The number of esters is 1. The topological polar surface area (TPSA) is 72.9 Å². The van der Waals surface area contributed by atoms with E-state index in [1.165, 1.54) is 11.4 Å². The van der Waals surface area contributed by atoms with Crippen LogP contribution in [0.5, 0.6) is 0 Å². The van der Waals surface area contributed by atoms with Crippen LogP contribution in [0, 0.1) is 6.92 Å². The van der Waals surface area contributed by atoms with Gasteiger partial charge in [0.05, 0.1) is 24.3 Å². The zero-order valence-corrected chi connectivity index (χ0v) is 17.4. The summed E-state index contributed by atoms with van der Waals surface area (Å²) in [5, 5.41) is 1.85. The van der Waals surface area contributed by atoms with Crippen molar-refractivity contribution in [2.75, 3.05) is 13.7 Å². The first-order valence-electron chi connectivity index (χ1n) is 9.41. The van der Waals surface area contributed by atoms with Crippen molar-refractivity contribution in [3.8, 4) is 0 Å². The van der Waals surface area contributed by atoms with E-state index < -0.39 is 22.2 Å². The molecule has 0 aromatic heterocycles. The molecular weight excluding hydrogens is 402 g/mol. The van der Waals surface area contributed by atoms with Crippen molar-refractivity contribution >= 4 is 26.8 Å². The predicted molar refractivity (Wildman–Crippen MR) is 113 cm³/mol. The molecule has 0 aliphatic carbocycles. The van der Waals surface area contributed by atoms with Crippen LogP contribution in [0.1, 0.15) is 17.4 Å². The van der Waals surface area contributed by atoms with Gasteiger partial charge >= 0.3 is 5.97 Å². The summed E-state index contributed by atoms with van der Waals surface area (Å²) in [5.41, 5.74) is 1.87. The smallest absolute Gasteiger partial charge is 0.332 e. The summed E-state index contributed by atoms with van der Waals surface area (Å²) >= 11 is 0. The van der Waals surface area contributed by atoms with Crippen molar-refractivity contribution < 1.29 is 22.7 Å². The molecular formula is C23H21NO5S. The zero-order chi connectivity index (χ0) is 21.3. The van der Waals surface area contributed by atoms with Crippen molar-refractivity contribution in [2.24, 2.45) is 0 Å². The second kappa shape index (κ2) is 7.93. The third kappa shape index (κ3) is 3.58. The molecule has 154 valence electrons. The van der Waals surface area contributed by atoms with Crippen LogP contribution in [0.15, 0.2) is 83.4 Å². The fraction of sp³-hybridized carbons (Fsp3) is 0.174. The van der Waals surface area contributed by atoms with Crippen LogP contribution >= 0.6 is 0 Å². The molecule has 0 amide bonds. The van der Waals surface area contributed by atoms with Crippen LogP contribution in [-0.4, -0.2) is 32.4 Å². The maximum Gasteiger partial charge on any atom is 0.332 e. The number of carbonyl (C=O) groups is 1. The van der Waals surface area contributed by atoms with E-state index in [4.69, 9.17) is 9.47 Å². The Morgan fingerprint density at radius 1 is 1.07 bits per heavy atom. The molecule has 6 nitrogen and oxygen atoms in total. The van der Waals surface area contributed by atoms with E-state index in [-0.39, 0.29) is 17.2 Å². The van der Waals surface area contributed by atoms with E-state index in [9.17, 15) is 13.2 Å². The van der Waals surface area contributed by atoms with E-state index in [1.54, 1.807) is 24.3 Å². The van der Waals surface area contributed by atoms with Gasteiger partial charge in [0.15, 0.2) is 6.23 Å². The van der Waals surface area contributed by atoms with Crippen molar-refractivity contribution in [2.45, 2.75) is 18.0 Å². The summed E-state index contributed by atoms with van der Waals surface area (Å²) in [7, 11) is -2.75. The number of benzene rings is 3. The summed E-state index contributed by atoms with van der Waals surface area (Å²) < 4.78 is 39.0. The van der Waals surface area contributed by atoms with Gasteiger partial charge < -0.3 is 9.47 Å². The molecule has 1 atom stereocenters. The van der Waals surface area contributed by atoms with E-state index in [0.29, 0.717) is 5.56 Å². The predicted octanol–water partition coefficient (Wildman–Crippen LogP) is 3.92. The van der Waals surface area contributed by atoms with Crippen molar-refractivity contribution in [1.82, 2.24) is 4.31 Å². The lowest BCUT2D eigenvalue weighted by molar-refractivity contribution is -0.134. The maximum atomic E-state index is 13.6. The van der Waals surface area contributed by atoms with E-state index in [2.05, 4.69) is 0 Å². The highest BCUT2D eigenvalue weighted by Crippen LogP contribution is 2.40. The highest BCUT2D eigenvalue weighted by atomic mass is 32.2. The number of sulfonamides is 1. The van der Waals surface area contributed by atoms with Gasteiger partial charge in [0, 0.05) is 11.6 Å². The Morgan fingerprint density at radius 3 is 2.50 bits per heavy atom. The van der Waals surface area contributed by atoms with Gasteiger partial charge in [-0.2, -0.15) is 0 Å². The molecule has 0 spiro atoms. The number of fused-ring (bicyclic) bond motifs is 1. The molecule has 3 aromatic carbocycles. The molecule has 0 radical (unpaired) electrons. The van der Waals surface area contributed by atoms with Crippen LogP contribution in [0.2, 0.25) is 0 Å². The molecule has 4 rings (SSSR count). The van der Waals surface area contributed by atoms with Crippen molar-refractivity contribution in [1.29, 1.82) is 0 Å². The lowest BCUT2D eigenvalue weighted by Crippen LogP contribution is -2.30. The molecule has 1 heterocycles. The summed E-state index contributed by atoms with van der Waals surface area (Å²) in [6, 6.07) is 19.9. The maximum absolute atomic E-state index is 13.6. The van der Waals surface area contributed by atoms with Gasteiger partial charge in [-0.3, -0.25) is 0 Å². The quantitative estimate of drug-likeness (QED) is 0.470. The molecule has 3 aromatic rings.